The zero-order chi connectivity index (χ0) is 26.5. The van der Waals surface area contributed by atoms with E-state index in [1.807, 2.05) is 102 Å². The molecule has 1 amide bonds. The summed E-state index contributed by atoms with van der Waals surface area (Å²) in [5.41, 5.74) is 2.61. The number of thioether (sulfide) groups is 1. The van der Waals surface area contributed by atoms with Gasteiger partial charge in [0, 0.05) is 28.2 Å². The minimum absolute atomic E-state index is 0.000553. The van der Waals surface area contributed by atoms with E-state index >= 15 is 0 Å². The maximum absolute atomic E-state index is 13.5. The summed E-state index contributed by atoms with van der Waals surface area (Å²) in [5.74, 6) is 1.64. The number of hydrogen-bond acceptors (Lipinski definition) is 5. The number of fused-ring (bicyclic) bond motifs is 1. The van der Waals surface area contributed by atoms with Crippen LogP contribution in [-0.2, 0) is 4.79 Å². The Kier molecular flexibility index (Phi) is 7.96. The van der Waals surface area contributed by atoms with Crippen LogP contribution in [0.4, 0.5) is 5.69 Å². The number of nitrogens with zero attached hydrogens (tertiary/aromatic N) is 4. The molecule has 4 aromatic carbocycles. The van der Waals surface area contributed by atoms with Crippen molar-refractivity contribution in [1.29, 1.82) is 0 Å². The molecule has 0 saturated carbocycles. The van der Waals surface area contributed by atoms with Gasteiger partial charge in [-0.1, -0.05) is 71.9 Å². The third-order valence-electron chi connectivity index (χ3n) is 6.12. The third kappa shape index (κ3) is 5.39. The van der Waals surface area contributed by atoms with Crippen LogP contribution in [0.1, 0.15) is 13.8 Å². The molecule has 0 aliphatic carbocycles. The molecule has 0 saturated heterocycles. The van der Waals surface area contributed by atoms with Crippen molar-refractivity contribution in [3.05, 3.63) is 96.0 Å². The second-order valence-electron chi connectivity index (χ2n) is 8.50. The lowest BCUT2D eigenvalue weighted by molar-refractivity contribution is -0.116. The van der Waals surface area contributed by atoms with Crippen LogP contribution < -0.4 is 9.64 Å². The Morgan fingerprint density at radius 3 is 2.47 bits per heavy atom. The quantitative estimate of drug-likeness (QED) is 0.183. The van der Waals surface area contributed by atoms with Crippen LogP contribution in [0, 0.1) is 0 Å². The molecule has 5 rings (SSSR count). The van der Waals surface area contributed by atoms with Crippen LogP contribution in [0.15, 0.2) is 96.2 Å². The topological polar surface area (TPSA) is 60.2 Å². The van der Waals surface area contributed by atoms with Crippen molar-refractivity contribution < 1.29 is 9.53 Å². The van der Waals surface area contributed by atoms with Crippen molar-refractivity contribution >= 4 is 45.7 Å². The van der Waals surface area contributed by atoms with Gasteiger partial charge in [0.2, 0.25) is 5.91 Å². The summed E-state index contributed by atoms with van der Waals surface area (Å²) in [6.45, 7) is 5.10. The van der Waals surface area contributed by atoms with E-state index in [1.54, 1.807) is 0 Å². The predicted octanol–water partition coefficient (Wildman–Crippen LogP) is 7.28. The summed E-state index contributed by atoms with van der Waals surface area (Å²) >= 11 is 7.64. The average Bonchev–Trinajstić information content (AvgIpc) is 3.37. The lowest BCUT2D eigenvalue weighted by Gasteiger charge is -2.22. The maximum atomic E-state index is 13.5. The van der Waals surface area contributed by atoms with E-state index in [4.69, 9.17) is 16.3 Å². The Hall–Kier alpha value is -3.81. The van der Waals surface area contributed by atoms with E-state index in [-0.39, 0.29) is 11.7 Å². The van der Waals surface area contributed by atoms with E-state index in [1.165, 1.54) is 11.8 Å². The largest absolute Gasteiger partial charge is 0.494 e. The number of aromatic nitrogens is 3. The SMILES string of the molecule is CCOc1ccc(-n2c(SCC(=O)N(CC)c3cccc4ccccc34)nnc2-c2cccc(Cl)c2)cc1. The molecule has 0 spiro atoms. The smallest absolute Gasteiger partial charge is 0.237 e. The van der Waals surface area contributed by atoms with Crippen molar-refractivity contribution in [2.75, 3.05) is 23.8 Å². The molecule has 8 heteroatoms. The van der Waals surface area contributed by atoms with Crippen molar-refractivity contribution in [2.24, 2.45) is 0 Å². The summed E-state index contributed by atoms with van der Waals surface area (Å²) in [4.78, 5) is 15.3. The van der Waals surface area contributed by atoms with Crippen LogP contribution in [0.5, 0.6) is 5.75 Å². The zero-order valence-corrected chi connectivity index (χ0v) is 22.7. The second-order valence-corrected chi connectivity index (χ2v) is 9.88. The number of amides is 1. The highest BCUT2D eigenvalue weighted by molar-refractivity contribution is 7.99. The van der Waals surface area contributed by atoms with E-state index in [9.17, 15) is 4.79 Å². The highest BCUT2D eigenvalue weighted by atomic mass is 35.5. The molecule has 0 fully saturated rings. The number of benzene rings is 4. The molecule has 38 heavy (non-hydrogen) atoms. The first-order valence-electron chi connectivity index (χ1n) is 12.4. The first-order chi connectivity index (χ1) is 18.6. The van der Waals surface area contributed by atoms with Crippen molar-refractivity contribution in [1.82, 2.24) is 14.8 Å². The van der Waals surface area contributed by atoms with Gasteiger partial charge < -0.3 is 9.64 Å². The molecule has 0 aliphatic heterocycles. The molecular weight excluding hydrogens is 516 g/mol. The molecule has 192 valence electrons. The highest BCUT2D eigenvalue weighted by Gasteiger charge is 2.21. The lowest BCUT2D eigenvalue weighted by atomic mass is 10.1. The van der Waals surface area contributed by atoms with Crippen LogP contribution in [0.3, 0.4) is 0 Å². The first-order valence-corrected chi connectivity index (χ1v) is 13.8. The predicted molar refractivity (Wildman–Crippen MR) is 156 cm³/mol. The molecule has 0 atom stereocenters. The van der Waals surface area contributed by atoms with Crippen molar-refractivity contribution in [3.8, 4) is 22.8 Å². The Labute approximate surface area is 231 Å². The van der Waals surface area contributed by atoms with Gasteiger partial charge in [-0.25, -0.2) is 0 Å². The van der Waals surface area contributed by atoms with Crippen LogP contribution >= 0.6 is 23.4 Å². The second kappa shape index (κ2) is 11.7. The average molecular weight is 543 g/mol. The first kappa shape index (κ1) is 25.8. The molecule has 6 nitrogen and oxygen atoms in total. The van der Waals surface area contributed by atoms with Gasteiger partial charge in [0.15, 0.2) is 11.0 Å². The number of rotatable bonds is 9. The fourth-order valence-electron chi connectivity index (χ4n) is 4.40. The molecule has 0 aliphatic rings. The monoisotopic (exact) mass is 542 g/mol. The summed E-state index contributed by atoms with van der Waals surface area (Å²) < 4.78 is 7.57. The number of hydrogen-bond donors (Lipinski definition) is 0. The summed E-state index contributed by atoms with van der Waals surface area (Å²) in [6, 6.07) is 29.4. The van der Waals surface area contributed by atoms with Gasteiger partial charge in [-0.3, -0.25) is 9.36 Å². The highest BCUT2D eigenvalue weighted by Crippen LogP contribution is 2.31. The minimum atomic E-state index is -0.000553. The zero-order valence-electron chi connectivity index (χ0n) is 21.2. The molecule has 0 N–H and O–H groups in total. The fourth-order valence-corrected chi connectivity index (χ4v) is 5.42. The van der Waals surface area contributed by atoms with E-state index < -0.39 is 0 Å². The summed E-state index contributed by atoms with van der Waals surface area (Å²) in [6.07, 6.45) is 0. The number of anilines is 1. The number of halogens is 1. The molecule has 0 radical (unpaired) electrons. The van der Waals surface area contributed by atoms with E-state index in [0.29, 0.717) is 29.2 Å². The van der Waals surface area contributed by atoms with Crippen LogP contribution in [0.2, 0.25) is 5.02 Å². The minimum Gasteiger partial charge on any atom is -0.494 e. The Morgan fingerprint density at radius 2 is 1.71 bits per heavy atom. The van der Waals surface area contributed by atoms with Gasteiger partial charge in [-0.15, -0.1) is 10.2 Å². The lowest BCUT2D eigenvalue weighted by Crippen LogP contribution is -2.32. The van der Waals surface area contributed by atoms with Crippen molar-refractivity contribution in [2.45, 2.75) is 19.0 Å². The Balaban J connectivity index is 1.46. The van der Waals surface area contributed by atoms with Crippen LogP contribution in [0.25, 0.3) is 27.8 Å². The maximum Gasteiger partial charge on any atom is 0.237 e. The number of carbonyl (C=O) groups excluding carboxylic acids is 1. The summed E-state index contributed by atoms with van der Waals surface area (Å²) in [5, 5.41) is 12.3. The van der Waals surface area contributed by atoms with Gasteiger partial charge in [0.05, 0.1) is 18.0 Å². The van der Waals surface area contributed by atoms with Crippen LogP contribution in [-0.4, -0.2) is 39.6 Å². The van der Waals surface area contributed by atoms with Gasteiger partial charge in [-0.2, -0.15) is 0 Å². The standard InChI is InChI=1S/C30H27ClN4O2S/c1-3-34(27-14-8-10-21-9-5-6-13-26(21)27)28(36)20-38-30-33-32-29(22-11-7-12-23(31)19-22)35(30)24-15-17-25(18-16-24)37-4-2/h5-19H,3-4,20H2,1-2H3. The van der Waals surface area contributed by atoms with Gasteiger partial charge in [-0.05, 0) is 61.7 Å². The van der Waals surface area contributed by atoms with Crippen molar-refractivity contribution in [3.63, 3.8) is 0 Å². The van der Waals surface area contributed by atoms with Gasteiger partial charge in [0.25, 0.3) is 0 Å². The Morgan fingerprint density at radius 1 is 0.947 bits per heavy atom. The molecule has 5 aromatic rings. The molecule has 0 bridgehead atoms. The number of ether oxygens (including phenoxy) is 1. The molecule has 1 heterocycles. The number of carbonyl (C=O) groups is 1. The van der Waals surface area contributed by atoms with E-state index in [2.05, 4.69) is 22.3 Å². The van der Waals surface area contributed by atoms with Gasteiger partial charge >= 0.3 is 0 Å². The third-order valence-corrected chi connectivity index (χ3v) is 7.27. The molecule has 0 unspecified atom stereocenters. The summed E-state index contributed by atoms with van der Waals surface area (Å²) in [7, 11) is 0. The molecular formula is C30H27ClN4O2S. The van der Waals surface area contributed by atoms with Gasteiger partial charge in [0.1, 0.15) is 5.75 Å². The fraction of sp³-hybridized carbons (Fsp3) is 0.167. The van der Waals surface area contributed by atoms with E-state index in [0.717, 1.165) is 33.5 Å². The normalized spacial score (nSPS) is 11.0. The molecule has 1 aromatic heterocycles. The Bertz CT molecular complexity index is 1560.